The van der Waals surface area contributed by atoms with Crippen LogP contribution in [-0.4, -0.2) is 11.9 Å². The van der Waals surface area contributed by atoms with E-state index >= 15 is 0 Å². The molecule has 0 N–H and O–H groups in total. The molecular weight excluding hydrogens is 200 g/mol. The molecule has 88 valence electrons. The summed E-state index contributed by atoms with van der Waals surface area (Å²) < 4.78 is 12.1. The van der Waals surface area contributed by atoms with Gasteiger partial charge in [0, 0.05) is 0 Å². The highest BCUT2D eigenvalue weighted by atomic mass is 16.8. The highest BCUT2D eigenvalue weighted by molar-refractivity contribution is 5.19. The number of rotatable bonds is 3. The van der Waals surface area contributed by atoms with E-state index in [-0.39, 0.29) is 18.0 Å². The van der Waals surface area contributed by atoms with Crippen molar-refractivity contribution >= 4 is 0 Å². The highest BCUT2D eigenvalue weighted by Crippen LogP contribution is 2.41. The van der Waals surface area contributed by atoms with Gasteiger partial charge in [0.25, 0.3) is 0 Å². The number of ether oxygens (including phenoxy) is 2. The predicted octanol–water partition coefficient (Wildman–Crippen LogP) is 3.68. The van der Waals surface area contributed by atoms with Gasteiger partial charge in [-0.3, -0.25) is 0 Å². The Kier molecular flexibility index (Phi) is 3.31. The number of hydrogen-bond donors (Lipinski definition) is 0. The largest absolute Gasteiger partial charge is 0.344 e. The molecule has 16 heavy (non-hydrogen) atoms. The van der Waals surface area contributed by atoms with Gasteiger partial charge in [-0.2, -0.15) is 0 Å². The zero-order valence-corrected chi connectivity index (χ0v) is 10.3. The summed E-state index contributed by atoms with van der Waals surface area (Å²) in [4.78, 5) is 0. The maximum atomic E-state index is 6.12. The molecule has 2 atom stereocenters. The van der Waals surface area contributed by atoms with E-state index in [0.717, 1.165) is 12.8 Å². The van der Waals surface area contributed by atoms with E-state index in [4.69, 9.17) is 9.47 Å². The van der Waals surface area contributed by atoms with E-state index in [2.05, 4.69) is 32.9 Å². The third-order valence-electron chi connectivity index (χ3n) is 3.37. The van der Waals surface area contributed by atoms with E-state index in [9.17, 15) is 0 Å². The first-order valence-corrected chi connectivity index (χ1v) is 6.11. The van der Waals surface area contributed by atoms with E-state index in [0.29, 0.717) is 0 Å². The SMILES string of the molecule is CCC1(CC)O[C@@H](C)[C@@H](c2ccccc2)O1. The quantitative estimate of drug-likeness (QED) is 0.773. The molecule has 1 aliphatic rings. The second-order valence-corrected chi connectivity index (χ2v) is 4.39. The van der Waals surface area contributed by atoms with Gasteiger partial charge in [-0.1, -0.05) is 44.2 Å². The molecule has 1 aromatic carbocycles. The molecule has 0 bridgehead atoms. The van der Waals surface area contributed by atoms with Crippen LogP contribution in [-0.2, 0) is 9.47 Å². The lowest BCUT2D eigenvalue weighted by molar-refractivity contribution is -0.178. The van der Waals surface area contributed by atoms with Gasteiger partial charge in [-0.15, -0.1) is 0 Å². The van der Waals surface area contributed by atoms with E-state index in [1.54, 1.807) is 0 Å². The summed E-state index contributed by atoms with van der Waals surface area (Å²) in [7, 11) is 0. The molecule has 0 unspecified atom stereocenters. The lowest BCUT2D eigenvalue weighted by Crippen LogP contribution is -2.28. The van der Waals surface area contributed by atoms with Gasteiger partial charge in [-0.05, 0) is 25.3 Å². The minimum atomic E-state index is -0.375. The summed E-state index contributed by atoms with van der Waals surface area (Å²) >= 11 is 0. The van der Waals surface area contributed by atoms with Crippen molar-refractivity contribution in [3.63, 3.8) is 0 Å². The van der Waals surface area contributed by atoms with Crippen LogP contribution >= 0.6 is 0 Å². The smallest absolute Gasteiger partial charge is 0.169 e. The second-order valence-electron chi connectivity index (χ2n) is 4.39. The summed E-state index contributed by atoms with van der Waals surface area (Å²) in [5.74, 6) is -0.375. The van der Waals surface area contributed by atoms with E-state index in [1.807, 2.05) is 18.2 Å². The average molecular weight is 220 g/mol. The van der Waals surface area contributed by atoms with Crippen LogP contribution in [0, 0.1) is 0 Å². The second kappa shape index (κ2) is 4.56. The molecule has 0 amide bonds. The third kappa shape index (κ3) is 2.00. The Morgan fingerprint density at radius 2 is 1.69 bits per heavy atom. The maximum Gasteiger partial charge on any atom is 0.169 e. The molecule has 1 fully saturated rings. The van der Waals surface area contributed by atoms with Crippen LogP contribution in [0.15, 0.2) is 30.3 Å². The van der Waals surface area contributed by atoms with Crippen LogP contribution in [0.5, 0.6) is 0 Å². The highest BCUT2D eigenvalue weighted by Gasteiger charge is 2.43. The van der Waals surface area contributed by atoms with Crippen LogP contribution < -0.4 is 0 Å². The van der Waals surface area contributed by atoms with Gasteiger partial charge in [0.15, 0.2) is 5.79 Å². The lowest BCUT2D eigenvalue weighted by atomic mass is 10.1. The molecule has 0 radical (unpaired) electrons. The minimum absolute atomic E-state index is 0.0705. The van der Waals surface area contributed by atoms with Gasteiger partial charge < -0.3 is 9.47 Å². The normalized spacial score (nSPS) is 28.2. The Labute approximate surface area is 97.6 Å². The minimum Gasteiger partial charge on any atom is -0.344 e. The van der Waals surface area contributed by atoms with Crippen molar-refractivity contribution in [1.82, 2.24) is 0 Å². The van der Waals surface area contributed by atoms with E-state index < -0.39 is 0 Å². The Morgan fingerprint density at radius 3 is 2.19 bits per heavy atom. The summed E-state index contributed by atoms with van der Waals surface area (Å²) in [6, 6.07) is 10.3. The number of hydrogen-bond acceptors (Lipinski definition) is 2. The van der Waals surface area contributed by atoms with Gasteiger partial charge >= 0.3 is 0 Å². The first kappa shape index (κ1) is 11.6. The maximum absolute atomic E-state index is 6.12. The predicted molar refractivity (Wildman–Crippen MR) is 64.1 cm³/mol. The van der Waals surface area contributed by atoms with Crippen LogP contribution in [0.25, 0.3) is 0 Å². The van der Waals surface area contributed by atoms with Gasteiger partial charge in [0.05, 0.1) is 6.10 Å². The molecule has 2 nitrogen and oxygen atoms in total. The van der Waals surface area contributed by atoms with Gasteiger partial charge in [0.2, 0.25) is 0 Å². The molecule has 0 aromatic heterocycles. The molecule has 2 heteroatoms. The topological polar surface area (TPSA) is 18.5 Å². The number of benzene rings is 1. The third-order valence-corrected chi connectivity index (χ3v) is 3.37. The molecule has 1 aliphatic heterocycles. The molecule has 1 aromatic rings. The Bertz CT molecular complexity index is 330. The molecular formula is C14H20O2. The van der Waals surface area contributed by atoms with Crippen molar-refractivity contribution in [3.8, 4) is 0 Å². The first-order valence-electron chi connectivity index (χ1n) is 6.11. The van der Waals surface area contributed by atoms with Crippen LogP contribution in [0.4, 0.5) is 0 Å². The summed E-state index contributed by atoms with van der Waals surface area (Å²) in [5.41, 5.74) is 1.21. The average Bonchev–Trinajstić information content (AvgIpc) is 2.69. The first-order chi connectivity index (χ1) is 7.71. The molecule has 0 aliphatic carbocycles. The fraction of sp³-hybridized carbons (Fsp3) is 0.571. The Morgan fingerprint density at radius 1 is 1.06 bits per heavy atom. The van der Waals surface area contributed by atoms with Crippen molar-refractivity contribution < 1.29 is 9.47 Å². The van der Waals surface area contributed by atoms with E-state index in [1.165, 1.54) is 5.56 Å². The monoisotopic (exact) mass is 220 g/mol. The lowest BCUT2D eigenvalue weighted by Gasteiger charge is -2.25. The van der Waals surface area contributed by atoms with Crippen molar-refractivity contribution in [1.29, 1.82) is 0 Å². The molecule has 1 heterocycles. The Hall–Kier alpha value is -0.860. The van der Waals surface area contributed by atoms with Crippen molar-refractivity contribution in [2.75, 3.05) is 0 Å². The van der Waals surface area contributed by atoms with Crippen LogP contribution in [0.1, 0.15) is 45.3 Å². The summed E-state index contributed by atoms with van der Waals surface area (Å²) in [6.07, 6.45) is 2.00. The summed E-state index contributed by atoms with van der Waals surface area (Å²) in [5, 5.41) is 0. The van der Waals surface area contributed by atoms with Gasteiger partial charge in [0.1, 0.15) is 6.10 Å². The van der Waals surface area contributed by atoms with Crippen LogP contribution in [0.3, 0.4) is 0 Å². The molecule has 0 saturated carbocycles. The molecule has 1 saturated heterocycles. The zero-order chi connectivity index (χ0) is 11.6. The Balaban J connectivity index is 2.20. The molecule has 0 spiro atoms. The molecule has 2 rings (SSSR count). The zero-order valence-electron chi connectivity index (χ0n) is 10.3. The van der Waals surface area contributed by atoms with Crippen LogP contribution in [0.2, 0.25) is 0 Å². The van der Waals surface area contributed by atoms with Crippen molar-refractivity contribution in [2.24, 2.45) is 0 Å². The fourth-order valence-electron chi connectivity index (χ4n) is 2.32. The van der Waals surface area contributed by atoms with Crippen molar-refractivity contribution in [3.05, 3.63) is 35.9 Å². The standard InChI is InChI=1S/C14H20O2/c1-4-14(5-2)15-11(3)13(16-14)12-9-7-6-8-10-12/h6-11,13H,4-5H2,1-3H3/t11-,13-/m0/s1. The van der Waals surface area contributed by atoms with Gasteiger partial charge in [-0.25, -0.2) is 0 Å². The van der Waals surface area contributed by atoms with Crippen molar-refractivity contribution in [2.45, 2.75) is 51.6 Å². The fourth-order valence-corrected chi connectivity index (χ4v) is 2.32. The summed E-state index contributed by atoms with van der Waals surface area (Å²) in [6.45, 7) is 6.32.